The number of carbonyl (C=O) groups is 1. The number of halogens is 1. The lowest BCUT2D eigenvalue weighted by atomic mass is 10.0. The molecule has 114 valence electrons. The molecule has 0 bridgehead atoms. The molecule has 1 heterocycles. The molecule has 0 aromatic heterocycles. The molecule has 1 aliphatic heterocycles. The van der Waals surface area contributed by atoms with Crippen molar-refractivity contribution < 1.29 is 14.3 Å². The third kappa shape index (κ3) is 3.57. The first kappa shape index (κ1) is 15.9. The smallest absolute Gasteiger partial charge is 0.245 e. The van der Waals surface area contributed by atoms with E-state index in [4.69, 9.17) is 21.1 Å². The third-order valence-corrected chi connectivity index (χ3v) is 3.87. The Hall–Kier alpha value is -1.52. The van der Waals surface area contributed by atoms with Crippen LogP contribution in [0.4, 0.5) is 0 Å². The quantitative estimate of drug-likeness (QED) is 0.620. The number of nitrogens with zero attached hydrogens (tertiary/aromatic N) is 1. The molecular weight excluding hydrogens is 290 g/mol. The number of rotatable bonds is 5. The molecule has 0 saturated heterocycles. The lowest BCUT2D eigenvalue weighted by Gasteiger charge is -2.28. The number of benzene rings is 1. The predicted octanol–water partition coefficient (Wildman–Crippen LogP) is 2.83. The summed E-state index contributed by atoms with van der Waals surface area (Å²) < 4.78 is 10.5. The van der Waals surface area contributed by atoms with E-state index < -0.39 is 5.38 Å². The number of hydrogen-bond acceptors (Lipinski definition) is 3. The van der Waals surface area contributed by atoms with E-state index in [1.807, 2.05) is 31.2 Å². The van der Waals surface area contributed by atoms with E-state index in [0.717, 1.165) is 22.6 Å². The Kier molecular flexibility index (Phi) is 5.26. The first-order valence-corrected chi connectivity index (χ1v) is 7.32. The second kappa shape index (κ2) is 6.96. The van der Waals surface area contributed by atoms with Gasteiger partial charge in [0.25, 0.3) is 0 Å². The van der Waals surface area contributed by atoms with Gasteiger partial charge in [0.05, 0.1) is 6.61 Å². The topological polar surface area (TPSA) is 38.8 Å². The largest absolute Gasteiger partial charge is 0.491 e. The van der Waals surface area contributed by atoms with Gasteiger partial charge in [-0.2, -0.15) is 0 Å². The van der Waals surface area contributed by atoms with Crippen molar-refractivity contribution in [2.75, 3.05) is 27.4 Å². The zero-order valence-electron chi connectivity index (χ0n) is 12.6. The Morgan fingerprint density at radius 1 is 1.38 bits per heavy atom. The molecule has 0 fully saturated rings. The zero-order valence-corrected chi connectivity index (χ0v) is 13.3. The van der Waals surface area contributed by atoms with Crippen molar-refractivity contribution in [2.45, 2.75) is 18.7 Å². The Labute approximate surface area is 130 Å². The summed E-state index contributed by atoms with van der Waals surface area (Å²) in [6.45, 7) is 3.08. The number of ether oxygens (including phenoxy) is 2. The Morgan fingerprint density at radius 2 is 2.14 bits per heavy atom. The number of hydrogen-bond donors (Lipinski definition) is 0. The number of carbonyl (C=O) groups excluding carboxylic acids is 1. The van der Waals surface area contributed by atoms with Gasteiger partial charge in [0.15, 0.2) is 0 Å². The Morgan fingerprint density at radius 3 is 2.81 bits per heavy atom. The fraction of sp³-hybridized carbons (Fsp3) is 0.438. The van der Waals surface area contributed by atoms with Crippen LogP contribution in [0.2, 0.25) is 0 Å². The van der Waals surface area contributed by atoms with E-state index in [-0.39, 0.29) is 5.91 Å². The van der Waals surface area contributed by atoms with Gasteiger partial charge in [-0.25, -0.2) is 0 Å². The molecule has 0 spiro atoms. The van der Waals surface area contributed by atoms with Crippen molar-refractivity contribution in [2.24, 2.45) is 0 Å². The summed E-state index contributed by atoms with van der Waals surface area (Å²) in [4.78, 5) is 13.6. The predicted molar refractivity (Wildman–Crippen MR) is 83.6 cm³/mol. The minimum Gasteiger partial charge on any atom is -0.491 e. The third-order valence-electron chi connectivity index (χ3n) is 3.51. The molecule has 2 rings (SSSR count). The van der Waals surface area contributed by atoms with E-state index in [1.54, 1.807) is 19.1 Å². The van der Waals surface area contributed by atoms with E-state index in [0.29, 0.717) is 19.6 Å². The van der Waals surface area contributed by atoms with E-state index in [1.165, 1.54) is 0 Å². The average molecular weight is 310 g/mol. The summed E-state index contributed by atoms with van der Waals surface area (Å²) >= 11 is 5.98. The van der Waals surface area contributed by atoms with Crippen LogP contribution in [0.1, 0.15) is 17.5 Å². The monoisotopic (exact) mass is 309 g/mol. The van der Waals surface area contributed by atoms with Gasteiger partial charge < -0.3 is 14.4 Å². The Balaban J connectivity index is 2.19. The van der Waals surface area contributed by atoms with Crippen molar-refractivity contribution in [1.82, 2.24) is 4.90 Å². The summed E-state index contributed by atoms with van der Waals surface area (Å²) in [5.74, 6) is 0.739. The SMILES string of the molecule is COCCOc1ccc(C2=CCC(Cl)C(=O)N2C)c(C)c1. The first-order valence-electron chi connectivity index (χ1n) is 6.89. The van der Waals surface area contributed by atoms with Crippen LogP contribution in [0.15, 0.2) is 24.3 Å². The van der Waals surface area contributed by atoms with Crippen LogP contribution in [0.25, 0.3) is 5.70 Å². The highest BCUT2D eigenvalue weighted by atomic mass is 35.5. The number of methoxy groups -OCH3 is 1. The van der Waals surface area contributed by atoms with Gasteiger partial charge in [0.2, 0.25) is 5.91 Å². The summed E-state index contributed by atoms with van der Waals surface area (Å²) in [6, 6.07) is 5.85. The molecule has 1 unspecified atom stereocenters. The first-order chi connectivity index (χ1) is 10.0. The molecule has 1 aromatic carbocycles. The van der Waals surface area contributed by atoms with E-state index in [2.05, 4.69) is 0 Å². The van der Waals surface area contributed by atoms with Crippen molar-refractivity contribution in [3.8, 4) is 5.75 Å². The van der Waals surface area contributed by atoms with Gasteiger partial charge in [-0.15, -0.1) is 11.6 Å². The number of amides is 1. The van der Waals surface area contributed by atoms with Crippen LogP contribution in [-0.2, 0) is 9.53 Å². The molecule has 1 atom stereocenters. The minimum atomic E-state index is -0.462. The minimum absolute atomic E-state index is 0.0611. The summed E-state index contributed by atoms with van der Waals surface area (Å²) in [6.07, 6.45) is 2.57. The zero-order chi connectivity index (χ0) is 15.4. The van der Waals surface area contributed by atoms with Crippen LogP contribution >= 0.6 is 11.6 Å². The van der Waals surface area contributed by atoms with Gasteiger partial charge in [-0.05, 0) is 37.1 Å². The number of alkyl halides is 1. The second-order valence-corrected chi connectivity index (χ2v) is 5.53. The molecule has 0 saturated carbocycles. The number of allylic oxidation sites excluding steroid dienone is 1. The van der Waals surface area contributed by atoms with Gasteiger partial charge >= 0.3 is 0 Å². The highest BCUT2D eigenvalue weighted by molar-refractivity contribution is 6.31. The maximum absolute atomic E-state index is 12.0. The average Bonchev–Trinajstić information content (AvgIpc) is 2.46. The molecule has 0 N–H and O–H groups in total. The van der Waals surface area contributed by atoms with Gasteiger partial charge in [0, 0.05) is 25.4 Å². The molecule has 1 amide bonds. The van der Waals surface area contributed by atoms with Gasteiger partial charge in [0.1, 0.15) is 17.7 Å². The highest BCUT2D eigenvalue weighted by Crippen LogP contribution is 2.30. The molecule has 0 radical (unpaired) electrons. The van der Waals surface area contributed by atoms with E-state index >= 15 is 0 Å². The summed E-state index contributed by atoms with van der Waals surface area (Å²) in [7, 11) is 3.40. The van der Waals surface area contributed by atoms with Crippen LogP contribution in [0.5, 0.6) is 5.75 Å². The van der Waals surface area contributed by atoms with E-state index in [9.17, 15) is 4.79 Å². The molecule has 21 heavy (non-hydrogen) atoms. The lowest BCUT2D eigenvalue weighted by molar-refractivity contribution is -0.126. The van der Waals surface area contributed by atoms with Crippen molar-refractivity contribution in [1.29, 1.82) is 0 Å². The maximum Gasteiger partial charge on any atom is 0.245 e. The standard InChI is InChI=1S/C16H20ClNO3/c1-11-10-12(21-9-8-20-3)4-5-13(11)15-7-6-14(17)16(19)18(15)2/h4-5,7,10,14H,6,8-9H2,1-3H3. The fourth-order valence-corrected chi connectivity index (χ4v) is 2.56. The van der Waals surface area contributed by atoms with Crippen molar-refractivity contribution in [3.05, 3.63) is 35.4 Å². The fourth-order valence-electron chi connectivity index (χ4n) is 2.33. The van der Waals surface area contributed by atoms with Gasteiger partial charge in [-0.1, -0.05) is 6.08 Å². The Bertz CT molecular complexity index is 556. The normalized spacial score (nSPS) is 18.7. The molecule has 1 aromatic rings. The van der Waals surface area contributed by atoms with Crippen LogP contribution in [0.3, 0.4) is 0 Å². The maximum atomic E-state index is 12.0. The number of aryl methyl sites for hydroxylation is 1. The molecule has 1 aliphatic rings. The molecule has 4 nitrogen and oxygen atoms in total. The summed E-state index contributed by atoms with van der Waals surface area (Å²) in [5.41, 5.74) is 2.98. The van der Waals surface area contributed by atoms with Crippen molar-refractivity contribution in [3.63, 3.8) is 0 Å². The van der Waals surface area contributed by atoms with Crippen LogP contribution in [0, 0.1) is 6.92 Å². The molecular formula is C16H20ClNO3. The van der Waals surface area contributed by atoms with Crippen molar-refractivity contribution >= 4 is 23.2 Å². The van der Waals surface area contributed by atoms with Crippen LogP contribution in [-0.4, -0.2) is 43.6 Å². The lowest BCUT2D eigenvalue weighted by Crippen LogP contribution is -2.35. The van der Waals surface area contributed by atoms with Gasteiger partial charge in [-0.3, -0.25) is 4.79 Å². The molecule has 5 heteroatoms. The second-order valence-electron chi connectivity index (χ2n) is 5.01. The summed E-state index contributed by atoms with van der Waals surface area (Å²) in [5, 5.41) is -0.462. The van der Waals surface area contributed by atoms with Crippen LogP contribution < -0.4 is 4.74 Å². The molecule has 0 aliphatic carbocycles. The highest BCUT2D eigenvalue weighted by Gasteiger charge is 2.27.